The van der Waals surface area contributed by atoms with Gasteiger partial charge in [-0.3, -0.25) is 9.59 Å². The third-order valence-corrected chi connectivity index (χ3v) is 7.08. The van der Waals surface area contributed by atoms with E-state index in [-0.39, 0.29) is 25.3 Å². The van der Waals surface area contributed by atoms with Crippen molar-refractivity contribution in [3.63, 3.8) is 0 Å². The normalized spacial score (nSPS) is 14.6. The molecule has 9 heteroatoms. The molecule has 8 nitrogen and oxygen atoms in total. The van der Waals surface area contributed by atoms with Crippen LogP contribution in [0.3, 0.4) is 0 Å². The predicted molar refractivity (Wildman–Crippen MR) is 150 cm³/mol. The molecule has 0 aliphatic carbocycles. The molecule has 3 aromatic carbocycles. The molecule has 0 saturated heterocycles. The Kier molecular flexibility index (Phi) is 9.16. The van der Waals surface area contributed by atoms with Crippen molar-refractivity contribution in [3.8, 4) is 11.5 Å². The number of rotatable bonds is 10. The number of hydrogen-bond donors (Lipinski definition) is 0. The van der Waals surface area contributed by atoms with Gasteiger partial charge in [0.15, 0.2) is 11.5 Å². The molecule has 0 N–H and O–H groups in total. The number of carbonyl (C=O) groups excluding carboxylic acids is 2. The van der Waals surface area contributed by atoms with E-state index in [1.54, 1.807) is 26.4 Å². The second kappa shape index (κ2) is 12.7. The number of amides is 2. The molecule has 1 unspecified atom stereocenters. The Morgan fingerprint density at radius 2 is 1.73 bits per heavy atom. The quantitative estimate of drug-likeness (QED) is 0.360. The Labute approximate surface area is 233 Å². The van der Waals surface area contributed by atoms with Crippen molar-refractivity contribution in [2.24, 2.45) is 5.10 Å². The zero-order valence-electron chi connectivity index (χ0n) is 23.4. The third-order valence-electron chi connectivity index (χ3n) is 7.08. The van der Waals surface area contributed by atoms with Crippen LogP contribution in [0.15, 0.2) is 65.8 Å². The van der Waals surface area contributed by atoms with Gasteiger partial charge < -0.3 is 19.1 Å². The average molecular weight is 548 g/mol. The average Bonchev–Trinajstić information content (AvgIpc) is 3.42. The number of benzene rings is 3. The van der Waals surface area contributed by atoms with E-state index in [0.29, 0.717) is 17.9 Å². The Morgan fingerprint density at radius 1 is 0.975 bits per heavy atom. The largest absolute Gasteiger partial charge is 0.493 e. The summed E-state index contributed by atoms with van der Waals surface area (Å²) < 4.78 is 30.5. The summed E-state index contributed by atoms with van der Waals surface area (Å²) in [6.07, 6.45) is 0.461. The van der Waals surface area contributed by atoms with E-state index < -0.39 is 23.7 Å². The van der Waals surface area contributed by atoms with Gasteiger partial charge in [-0.25, -0.2) is 9.40 Å². The molecule has 3 aromatic rings. The standard InChI is InChI=1S/C31H34FN3O5/c1-20-10-11-22(16-21(20)2)26-18-27(23-12-13-28(39-4)29(17-23)40-5)35(33-26)30(36)19-34(14-15-38-3)31(37)24-8-6-7-9-25(24)32/h6-13,16-17,27H,14-15,18-19H2,1-5H3. The number of hydrazone groups is 1. The van der Waals surface area contributed by atoms with Gasteiger partial charge in [0, 0.05) is 20.1 Å². The minimum Gasteiger partial charge on any atom is -0.493 e. The van der Waals surface area contributed by atoms with E-state index in [1.165, 1.54) is 35.2 Å². The molecule has 2 amide bonds. The number of hydrogen-bond acceptors (Lipinski definition) is 6. The summed E-state index contributed by atoms with van der Waals surface area (Å²) in [6.45, 7) is 4.07. The number of halogens is 1. The van der Waals surface area contributed by atoms with Crippen LogP contribution >= 0.6 is 0 Å². The molecule has 0 radical (unpaired) electrons. The molecule has 1 aliphatic heterocycles. The highest BCUT2D eigenvalue weighted by molar-refractivity contribution is 6.04. The first-order valence-corrected chi connectivity index (χ1v) is 13.0. The van der Waals surface area contributed by atoms with E-state index in [4.69, 9.17) is 19.3 Å². The fraction of sp³-hybridized carbons (Fsp3) is 0.323. The zero-order chi connectivity index (χ0) is 28.8. The molecule has 0 aromatic heterocycles. The Morgan fingerprint density at radius 3 is 2.40 bits per heavy atom. The highest BCUT2D eigenvalue weighted by atomic mass is 19.1. The van der Waals surface area contributed by atoms with Crippen molar-refractivity contribution in [2.45, 2.75) is 26.3 Å². The topological polar surface area (TPSA) is 80.7 Å². The monoisotopic (exact) mass is 547 g/mol. The van der Waals surface area contributed by atoms with E-state index >= 15 is 0 Å². The van der Waals surface area contributed by atoms with Crippen molar-refractivity contribution in [2.75, 3.05) is 41.0 Å². The van der Waals surface area contributed by atoms with Crippen LogP contribution in [0.1, 0.15) is 45.1 Å². The summed E-state index contributed by atoms with van der Waals surface area (Å²) in [5.41, 5.74) is 4.64. The van der Waals surface area contributed by atoms with Crippen LogP contribution in [0.4, 0.5) is 4.39 Å². The maximum absolute atomic E-state index is 14.5. The molecule has 210 valence electrons. The van der Waals surface area contributed by atoms with E-state index in [2.05, 4.69) is 6.07 Å². The summed E-state index contributed by atoms with van der Waals surface area (Å²) in [5.74, 6) is -0.549. The summed E-state index contributed by atoms with van der Waals surface area (Å²) in [5, 5.41) is 6.17. The van der Waals surface area contributed by atoms with Gasteiger partial charge in [-0.2, -0.15) is 5.10 Å². The van der Waals surface area contributed by atoms with Crippen molar-refractivity contribution >= 4 is 17.5 Å². The number of carbonyl (C=O) groups is 2. The van der Waals surface area contributed by atoms with Gasteiger partial charge in [0.1, 0.15) is 12.4 Å². The molecular weight excluding hydrogens is 513 g/mol. The van der Waals surface area contributed by atoms with Gasteiger partial charge in [0.25, 0.3) is 11.8 Å². The Balaban J connectivity index is 1.69. The van der Waals surface area contributed by atoms with Crippen LogP contribution in [-0.2, 0) is 9.53 Å². The molecule has 0 saturated carbocycles. The van der Waals surface area contributed by atoms with Gasteiger partial charge in [0.2, 0.25) is 0 Å². The maximum Gasteiger partial charge on any atom is 0.262 e. The third kappa shape index (κ3) is 6.15. The van der Waals surface area contributed by atoms with Crippen LogP contribution < -0.4 is 9.47 Å². The van der Waals surface area contributed by atoms with Crippen molar-refractivity contribution in [3.05, 3.63) is 94.3 Å². The molecule has 0 fully saturated rings. The Bertz CT molecular complexity index is 1420. The highest BCUT2D eigenvalue weighted by Gasteiger charge is 2.35. The lowest BCUT2D eigenvalue weighted by atomic mass is 9.96. The predicted octanol–water partition coefficient (Wildman–Crippen LogP) is 4.93. The summed E-state index contributed by atoms with van der Waals surface area (Å²) in [4.78, 5) is 28.4. The minimum absolute atomic E-state index is 0.108. The first kappa shape index (κ1) is 28.8. The van der Waals surface area contributed by atoms with E-state index in [0.717, 1.165) is 28.0 Å². The van der Waals surface area contributed by atoms with Gasteiger partial charge in [-0.05, 0) is 66.4 Å². The van der Waals surface area contributed by atoms with Crippen molar-refractivity contribution in [1.82, 2.24) is 9.91 Å². The lowest BCUT2D eigenvalue weighted by Crippen LogP contribution is -2.43. The number of aryl methyl sites for hydroxylation is 2. The molecule has 4 rings (SSSR count). The van der Waals surface area contributed by atoms with E-state index in [9.17, 15) is 14.0 Å². The molecule has 0 spiro atoms. The summed E-state index contributed by atoms with van der Waals surface area (Å²) in [7, 11) is 4.62. The van der Waals surface area contributed by atoms with Crippen LogP contribution in [0, 0.1) is 19.7 Å². The van der Waals surface area contributed by atoms with E-state index in [1.807, 2.05) is 38.1 Å². The van der Waals surface area contributed by atoms with Crippen molar-refractivity contribution in [1.29, 1.82) is 0 Å². The first-order valence-electron chi connectivity index (χ1n) is 13.0. The number of methoxy groups -OCH3 is 3. The van der Waals surface area contributed by atoms with Crippen LogP contribution in [0.5, 0.6) is 11.5 Å². The van der Waals surface area contributed by atoms with Crippen molar-refractivity contribution < 1.29 is 28.2 Å². The summed E-state index contributed by atoms with van der Waals surface area (Å²) >= 11 is 0. The van der Waals surface area contributed by atoms with Crippen LogP contribution in [0.2, 0.25) is 0 Å². The zero-order valence-corrected chi connectivity index (χ0v) is 23.4. The second-order valence-electron chi connectivity index (χ2n) is 9.62. The maximum atomic E-state index is 14.5. The summed E-state index contributed by atoms with van der Waals surface area (Å²) in [6, 6.07) is 16.8. The van der Waals surface area contributed by atoms with Gasteiger partial charge >= 0.3 is 0 Å². The highest BCUT2D eigenvalue weighted by Crippen LogP contribution is 2.37. The van der Waals surface area contributed by atoms with Crippen LogP contribution in [0.25, 0.3) is 0 Å². The van der Waals surface area contributed by atoms with Crippen LogP contribution in [-0.4, -0.2) is 68.5 Å². The SMILES string of the molecule is COCCN(CC(=O)N1N=C(c2ccc(C)c(C)c2)CC1c1ccc(OC)c(OC)c1)C(=O)c1ccccc1F. The molecule has 1 aliphatic rings. The lowest BCUT2D eigenvalue weighted by molar-refractivity contribution is -0.133. The smallest absolute Gasteiger partial charge is 0.262 e. The Hall–Kier alpha value is -4.24. The fourth-order valence-corrected chi connectivity index (χ4v) is 4.65. The fourth-order valence-electron chi connectivity index (χ4n) is 4.65. The minimum atomic E-state index is -0.651. The lowest BCUT2D eigenvalue weighted by Gasteiger charge is -2.27. The molecule has 0 bridgehead atoms. The molecule has 40 heavy (non-hydrogen) atoms. The molecular formula is C31H34FN3O5. The second-order valence-corrected chi connectivity index (χ2v) is 9.62. The molecule has 1 atom stereocenters. The number of nitrogens with zero attached hydrogens (tertiary/aromatic N) is 3. The van der Waals surface area contributed by atoms with Gasteiger partial charge in [-0.1, -0.05) is 30.3 Å². The van der Waals surface area contributed by atoms with Gasteiger partial charge in [-0.15, -0.1) is 0 Å². The number of ether oxygens (including phenoxy) is 3. The first-order chi connectivity index (χ1) is 19.3. The molecule has 1 heterocycles. The van der Waals surface area contributed by atoms with Gasteiger partial charge in [0.05, 0.1) is 38.1 Å².